The van der Waals surface area contributed by atoms with Crippen molar-refractivity contribution >= 4 is 142 Å². The number of phenolic OH excluding ortho intramolecular Hbond substituents is 1. The quantitative estimate of drug-likeness (QED) is 0.0164. The number of carboxylic acids is 3. The lowest BCUT2D eigenvalue weighted by Crippen LogP contribution is -2.61. The first-order valence-corrected chi connectivity index (χ1v) is 48.5. The summed E-state index contributed by atoms with van der Waals surface area (Å²) in [5.41, 5.74) is 39.3. The van der Waals surface area contributed by atoms with Crippen LogP contribution in [0.2, 0.25) is 0 Å². The van der Waals surface area contributed by atoms with Crippen molar-refractivity contribution in [2.24, 2.45) is 75.6 Å². The van der Waals surface area contributed by atoms with Gasteiger partial charge >= 0.3 is 17.9 Å². The smallest absolute Gasteiger partial charge is 0.326 e. The van der Waals surface area contributed by atoms with E-state index in [-0.39, 0.29) is 139 Å². The largest absolute Gasteiger partial charge is 0.508 e. The molecule has 0 heterocycles. The Bertz CT molecular complexity index is 4560. The number of primary amides is 3. The number of carbonyl (C=O) groups is 22. The minimum absolute atomic E-state index is 0.00364. The number of nitrogens with one attached hydrogen (secondary N) is 20. The van der Waals surface area contributed by atoms with Gasteiger partial charge in [-0.15, -0.1) is 0 Å². The third-order valence-electron chi connectivity index (χ3n) is 22.7. The van der Waals surface area contributed by atoms with E-state index >= 15 is 9.59 Å². The van der Waals surface area contributed by atoms with Gasteiger partial charge in [-0.1, -0.05) is 102 Å². The summed E-state index contributed by atoms with van der Waals surface area (Å²) in [5.74, 6) is -27.8. The van der Waals surface area contributed by atoms with E-state index in [9.17, 15) is 116 Å². The number of carboxylic acid groups (broad SMARTS) is 3. The minimum Gasteiger partial charge on any atom is -0.508 e. The van der Waals surface area contributed by atoms with Gasteiger partial charge in [0, 0.05) is 45.2 Å². The van der Waals surface area contributed by atoms with Gasteiger partial charge in [-0.2, -0.15) is 0 Å². The standard InChI is InChI=1S/C92H157N27O26/c1-15-49(12)73(119-83(137)57(22-19-37-103-92(100)101)106-74(128)50(13)104-77(131)58(27-31-67(95)121)107-76(130)54(94)38-44(2)3)89(143)116-62(39-45(4)5)84(138)105-51(14)75(129)118-72(48(10)11)88(142)112-61(30-34-70(124)125)81(135)108-56(21-18-36-102-91(98)99)79(133)114-64(42-52-23-25-53(120)26-24-52)86(140)113-63(40-46(6)7)85(139)109-55(20-16-17-35-93)78(132)115-65(43-71(126)127)87(141)111-59(28-32-68(96)122)80(134)110-60(29-33-69(97)123)82(136)117-66(90(144)145)41-47(8)9/h23-26,44-51,54-66,72-73,120H,15-22,27-43,93-94H2,1-14H3,(H2,95,121)(H2,96,122)(H2,97,123)(H,104,131)(H,105,138)(H,106,128)(H,107,130)(H,108,135)(H,109,139)(H,110,134)(H,111,141)(H,112,142)(H,113,140)(H,114,133)(H,115,132)(H,116,143)(H,117,136)(H,118,129)(H,119,137)(H,124,125)(H,126,127)(H,144,145)(H4,98,99,102)(H4,100,101,103)/t49-,50-,51-,54-,55-,56-,57-,58-,59-,60-,61-,62-,63-,64-,65-,66-,72-,73-/m0/s1. The molecule has 816 valence electrons. The Kier molecular flexibility index (Phi) is 59.2. The summed E-state index contributed by atoms with van der Waals surface area (Å²) >= 11 is 0. The van der Waals surface area contributed by atoms with Gasteiger partial charge in [0.15, 0.2) is 11.9 Å². The average molecular weight is 2060 g/mol. The first kappa shape index (κ1) is 129. The second kappa shape index (κ2) is 66.6. The fraction of sp³-hybridized carbons (Fsp3) is 0.674. The summed E-state index contributed by atoms with van der Waals surface area (Å²) in [7, 11) is 0. The van der Waals surface area contributed by atoms with Crippen LogP contribution in [0.5, 0.6) is 5.75 Å². The van der Waals surface area contributed by atoms with E-state index in [2.05, 4.69) is 95.7 Å². The lowest BCUT2D eigenvalue weighted by molar-refractivity contribution is -0.143. The molecule has 19 amide bonds. The number of unbranched alkanes of at least 4 members (excludes halogenated alkanes) is 1. The van der Waals surface area contributed by atoms with E-state index in [1.54, 1.807) is 55.4 Å². The van der Waals surface area contributed by atoms with Crippen LogP contribution in [0.1, 0.15) is 237 Å². The highest BCUT2D eigenvalue weighted by Crippen LogP contribution is 2.20. The van der Waals surface area contributed by atoms with Crippen LogP contribution >= 0.6 is 0 Å². The van der Waals surface area contributed by atoms with Crippen molar-refractivity contribution in [2.75, 3.05) is 19.6 Å². The Hall–Kier alpha value is -14.2. The van der Waals surface area contributed by atoms with Crippen molar-refractivity contribution in [2.45, 2.75) is 341 Å². The molecule has 0 radical (unpaired) electrons. The molecule has 1 rings (SSSR count). The molecule has 0 aromatic heterocycles. The SMILES string of the molecule is CC[C@H](C)[C@H](NC(=O)[C@H](CCCNC(=N)N)NC(=O)[C@H](C)NC(=O)[C@H](CCC(N)=O)NC(=O)[C@@H](N)CC(C)C)C(=O)N[C@@H](CC(C)C)C(=O)N[C@@H](C)C(=O)N[C@H](C(=O)N[C@@H](CCC(=O)O)C(=O)N[C@@H](CCCNC(=N)N)C(=O)N[C@@H](Cc1ccc(O)cc1)C(=O)N[C@@H](CC(C)C)C(=O)N[C@@H](CCCCN)C(=O)N[C@@H](CC(=O)O)C(=O)N[C@@H](CCC(N)=O)C(=O)N[C@@H](CCC(N)=O)C(=O)N[C@@H](CC(C)C)C(=O)O)C(C)C. The third kappa shape index (κ3) is 52.6. The zero-order valence-corrected chi connectivity index (χ0v) is 85.1. The van der Waals surface area contributed by atoms with Crippen LogP contribution in [-0.2, 0) is 112 Å². The molecule has 0 aliphatic rings. The molecule has 1 aromatic carbocycles. The van der Waals surface area contributed by atoms with Crippen molar-refractivity contribution in [3.8, 4) is 5.75 Å². The van der Waals surface area contributed by atoms with Gasteiger partial charge in [-0.25, -0.2) is 4.79 Å². The van der Waals surface area contributed by atoms with Gasteiger partial charge in [0.2, 0.25) is 112 Å². The number of aliphatic carboxylic acids is 3. The second-order valence-electron chi connectivity index (χ2n) is 37.9. The summed E-state index contributed by atoms with van der Waals surface area (Å²) < 4.78 is 0. The number of hydrogen-bond donors (Lipinski definition) is 31. The molecule has 53 heteroatoms. The van der Waals surface area contributed by atoms with Crippen LogP contribution in [0.4, 0.5) is 0 Å². The number of benzene rings is 1. The Morgan fingerprint density at radius 2 is 0.614 bits per heavy atom. The summed E-state index contributed by atoms with van der Waals surface area (Å²) in [4.78, 5) is 302. The Morgan fingerprint density at radius 3 is 0.993 bits per heavy atom. The van der Waals surface area contributed by atoms with E-state index in [0.717, 1.165) is 0 Å². The van der Waals surface area contributed by atoms with Gasteiger partial charge in [-0.3, -0.25) is 112 Å². The molecule has 38 N–H and O–H groups in total. The van der Waals surface area contributed by atoms with Crippen LogP contribution < -0.4 is 136 Å². The van der Waals surface area contributed by atoms with Crippen molar-refractivity contribution in [3.63, 3.8) is 0 Å². The zero-order chi connectivity index (χ0) is 111. The van der Waals surface area contributed by atoms with Crippen LogP contribution in [0.15, 0.2) is 24.3 Å². The highest BCUT2D eigenvalue weighted by Gasteiger charge is 2.41. The molecule has 0 saturated carbocycles. The van der Waals surface area contributed by atoms with E-state index in [0.29, 0.717) is 0 Å². The van der Waals surface area contributed by atoms with Crippen LogP contribution in [0.25, 0.3) is 0 Å². The number of aromatic hydroxyl groups is 1. The molecule has 0 aliphatic carbocycles. The molecule has 0 saturated heterocycles. The van der Waals surface area contributed by atoms with Crippen LogP contribution in [0.3, 0.4) is 0 Å². The number of rotatable bonds is 72. The third-order valence-corrected chi connectivity index (χ3v) is 22.7. The first-order chi connectivity index (χ1) is 67.7. The molecule has 145 heavy (non-hydrogen) atoms. The fourth-order valence-electron chi connectivity index (χ4n) is 14.5. The number of phenols is 1. The van der Waals surface area contributed by atoms with E-state index in [1.807, 2.05) is 13.8 Å². The molecule has 0 fully saturated rings. The summed E-state index contributed by atoms with van der Waals surface area (Å²) in [5, 5.41) is 101. The monoisotopic (exact) mass is 2060 g/mol. The highest BCUT2D eigenvalue weighted by atomic mass is 16.4. The van der Waals surface area contributed by atoms with E-state index in [4.69, 9.17) is 51.0 Å². The van der Waals surface area contributed by atoms with Gasteiger partial charge in [0.1, 0.15) is 102 Å². The maximum Gasteiger partial charge on any atom is 0.326 e. The molecular formula is C92H157N27O26. The van der Waals surface area contributed by atoms with Gasteiger partial charge in [0.25, 0.3) is 0 Å². The highest BCUT2D eigenvalue weighted by molar-refractivity contribution is 6.02. The van der Waals surface area contributed by atoms with Crippen molar-refractivity contribution in [1.82, 2.24) is 95.7 Å². The minimum atomic E-state index is -2.10. The lowest BCUT2D eigenvalue weighted by Gasteiger charge is -2.30. The van der Waals surface area contributed by atoms with Gasteiger partial charge in [0.05, 0.1) is 12.5 Å². The number of nitrogens with two attached hydrogens (primary N) is 7. The summed E-state index contributed by atoms with van der Waals surface area (Å²) in [6.45, 7) is 22.5. The van der Waals surface area contributed by atoms with Gasteiger partial charge < -0.3 is 156 Å². The summed E-state index contributed by atoms with van der Waals surface area (Å²) in [6.07, 6.45) is -6.33. The molecule has 0 bridgehead atoms. The van der Waals surface area contributed by atoms with Crippen molar-refractivity contribution in [1.29, 1.82) is 10.8 Å². The molecule has 0 spiro atoms. The zero-order valence-electron chi connectivity index (χ0n) is 85.1. The molecule has 53 nitrogen and oxygen atoms in total. The lowest BCUT2D eigenvalue weighted by atomic mass is 9.96. The predicted octanol–water partition coefficient (Wildman–Crippen LogP) is -6.18. The fourth-order valence-corrected chi connectivity index (χ4v) is 14.5. The molecular weight excluding hydrogens is 1900 g/mol. The maximum absolute atomic E-state index is 15.1. The Morgan fingerprint density at radius 1 is 0.317 bits per heavy atom. The predicted molar refractivity (Wildman–Crippen MR) is 527 cm³/mol. The van der Waals surface area contributed by atoms with Crippen molar-refractivity contribution < 1.29 is 126 Å². The Labute approximate surface area is 842 Å². The topological polar surface area (TPSA) is 903 Å². The number of hydrogen-bond acceptors (Lipinski definition) is 27. The number of guanidine groups is 2. The number of amides is 19. The normalized spacial score (nSPS) is 14.9. The molecule has 18 atom stereocenters. The molecule has 0 aliphatic heterocycles. The van der Waals surface area contributed by atoms with Gasteiger partial charge in [-0.05, 0) is 170 Å². The Balaban J connectivity index is 3.89. The molecule has 0 unspecified atom stereocenters. The molecule has 1 aromatic rings. The first-order valence-electron chi connectivity index (χ1n) is 48.5. The van der Waals surface area contributed by atoms with E-state index < -0.39 is 314 Å². The van der Waals surface area contributed by atoms with E-state index in [1.165, 1.54) is 52.0 Å². The second-order valence-corrected chi connectivity index (χ2v) is 37.9. The van der Waals surface area contributed by atoms with Crippen LogP contribution in [-0.4, -0.2) is 285 Å². The average Bonchev–Trinajstić information content (AvgIpc) is 0.840. The summed E-state index contributed by atoms with van der Waals surface area (Å²) in [6, 6.07) is -21.8. The van der Waals surface area contributed by atoms with Crippen molar-refractivity contribution in [3.05, 3.63) is 29.8 Å². The number of carbonyl (C=O) groups excluding carboxylic acids is 19. The maximum atomic E-state index is 15.1. The van der Waals surface area contributed by atoms with Crippen LogP contribution in [0, 0.1) is 46.3 Å².